The summed E-state index contributed by atoms with van der Waals surface area (Å²) < 4.78 is 0. The van der Waals surface area contributed by atoms with E-state index >= 15 is 0 Å². The summed E-state index contributed by atoms with van der Waals surface area (Å²) in [4.78, 5) is 36.8. The third kappa shape index (κ3) is 3.17. The van der Waals surface area contributed by atoms with Crippen molar-refractivity contribution in [2.24, 2.45) is 0 Å². The number of hydrogen-bond donors (Lipinski definition) is 4. The van der Waals surface area contributed by atoms with Crippen LogP contribution in [0.1, 0.15) is 13.3 Å². The molecule has 0 saturated carbocycles. The molecule has 0 spiro atoms. The lowest BCUT2D eigenvalue weighted by molar-refractivity contribution is -0.156. The Hall–Kier alpha value is -1.67. The van der Waals surface area contributed by atoms with Crippen molar-refractivity contribution in [1.29, 1.82) is 0 Å². The van der Waals surface area contributed by atoms with E-state index in [-0.39, 0.29) is 12.3 Å². The molecule has 90 valence electrons. The summed E-state index contributed by atoms with van der Waals surface area (Å²) in [7, 11) is 0. The zero-order valence-corrected chi connectivity index (χ0v) is 8.65. The lowest BCUT2D eigenvalue weighted by Gasteiger charge is -2.36. The molecule has 8 nitrogen and oxygen atoms in total. The van der Waals surface area contributed by atoms with Crippen molar-refractivity contribution in [1.82, 2.24) is 16.1 Å². The molecule has 0 aromatic carbocycles. The number of hydrogen-bond acceptors (Lipinski definition) is 5. The highest BCUT2D eigenvalue weighted by Crippen LogP contribution is 2.04. The lowest BCUT2D eigenvalue weighted by Crippen LogP contribution is -2.67. The maximum atomic E-state index is 10.8. The monoisotopic (exact) mass is 231 g/mol. The van der Waals surface area contributed by atoms with Gasteiger partial charge in [-0.25, -0.2) is 10.3 Å². The van der Waals surface area contributed by atoms with Crippen LogP contribution in [0.5, 0.6) is 0 Å². The normalized spacial score (nSPS) is 23.1. The summed E-state index contributed by atoms with van der Waals surface area (Å²) in [6.07, 6.45) is -0.322. The number of carbonyl (C=O) groups is 3. The molecule has 1 saturated heterocycles. The highest BCUT2D eigenvalue weighted by molar-refractivity contribution is 6.31. The number of amides is 2. The van der Waals surface area contributed by atoms with Crippen LogP contribution in [0.25, 0.3) is 0 Å². The van der Waals surface area contributed by atoms with Crippen molar-refractivity contribution >= 4 is 17.8 Å². The molecule has 1 aliphatic heterocycles. The van der Waals surface area contributed by atoms with Gasteiger partial charge in [0.05, 0.1) is 6.04 Å². The first-order valence-electron chi connectivity index (χ1n) is 4.76. The van der Waals surface area contributed by atoms with Crippen molar-refractivity contribution < 1.29 is 24.3 Å². The molecule has 1 rings (SSSR count). The molecular formula is C8H13N3O5. The number of hydroxylamine groups is 1. The van der Waals surface area contributed by atoms with E-state index in [9.17, 15) is 14.4 Å². The van der Waals surface area contributed by atoms with Crippen LogP contribution < -0.4 is 16.1 Å². The van der Waals surface area contributed by atoms with Crippen LogP contribution in [0.2, 0.25) is 0 Å². The van der Waals surface area contributed by atoms with Crippen LogP contribution >= 0.6 is 0 Å². The number of nitrogens with one attached hydrogen (secondary N) is 3. The molecule has 2 atom stereocenters. The highest BCUT2D eigenvalue weighted by atomic mass is 16.7. The van der Waals surface area contributed by atoms with Gasteiger partial charge in [-0.2, -0.15) is 0 Å². The third-order valence-electron chi connectivity index (χ3n) is 2.04. The Kier molecular flexibility index (Phi) is 4.20. The summed E-state index contributed by atoms with van der Waals surface area (Å²) >= 11 is 0. The maximum absolute atomic E-state index is 10.8. The van der Waals surface area contributed by atoms with E-state index in [2.05, 4.69) is 16.1 Å². The molecule has 1 aliphatic rings. The Bertz CT molecular complexity index is 306. The molecule has 1 fully saturated rings. The van der Waals surface area contributed by atoms with Gasteiger partial charge in [-0.05, 0) is 0 Å². The summed E-state index contributed by atoms with van der Waals surface area (Å²) in [6.45, 7) is 2.06. The largest absolute Gasteiger partial charge is 0.474 e. The van der Waals surface area contributed by atoms with Gasteiger partial charge in [0.15, 0.2) is 6.23 Å². The average Bonchev–Trinajstić information content (AvgIpc) is 2.23. The number of aliphatic carboxylic acids is 1. The molecule has 16 heavy (non-hydrogen) atoms. The van der Waals surface area contributed by atoms with Crippen LogP contribution in [0.4, 0.5) is 0 Å². The third-order valence-corrected chi connectivity index (χ3v) is 2.04. The van der Waals surface area contributed by atoms with E-state index in [4.69, 9.17) is 9.94 Å². The minimum atomic E-state index is -1.55. The van der Waals surface area contributed by atoms with Gasteiger partial charge in [-0.15, -0.1) is 0 Å². The molecule has 1 unspecified atom stereocenters. The lowest BCUT2D eigenvalue weighted by atomic mass is 10.1. The Morgan fingerprint density at radius 1 is 1.50 bits per heavy atom. The predicted molar refractivity (Wildman–Crippen MR) is 50.9 cm³/mol. The van der Waals surface area contributed by atoms with Gasteiger partial charge in [-0.3, -0.25) is 19.7 Å². The quantitative estimate of drug-likeness (QED) is 0.326. The topological polar surface area (TPSA) is 117 Å². The van der Waals surface area contributed by atoms with E-state index in [1.165, 1.54) is 0 Å². The first-order valence-corrected chi connectivity index (χ1v) is 4.76. The Morgan fingerprint density at radius 3 is 2.62 bits per heavy atom. The van der Waals surface area contributed by atoms with Crippen molar-refractivity contribution in [3.63, 3.8) is 0 Å². The summed E-state index contributed by atoms with van der Waals surface area (Å²) in [5.41, 5.74) is 2.17. The molecular weight excluding hydrogens is 218 g/mol. The fourth-order valence-electron chi connectivity index (χ4n) is 1.01. The van der Waals surface area contributed by atoms with Gasteiger partial charge < -0.3 is 10.4 Å². The minimum absolute atomic E-state index is 0.277. The van der Waals surface area contributed by atoms with Crippen molar-refractivity contribution in [2.45, 2.75) is 25.6 Å². The molecule has 8 heteroatoms. The molecule has 0 bridgehead atoms. The second-order valence-electron chi connectivity index (χ2n) is 3.21. The number of carboxylic acid groups (broad SMARTS) is 1. The van der Waals surface area contributed by atoms with E-state index < -0.39 is 24.1 Å². The van der Waals surface area contributed by atoms with Gasteiger partial charge >= 0.3 is 11.9 Å². The van der Waals surface area contributed by atoms with Crippen LogP contribution in [0.15, 0.2) is 0 Å². The predicted octanol–water partition coefficient (Wildman–Crippen LogP) is -2.06. The van der Waals surface area contributed by atoms with E-state index in [1.54, 1.807) is 6.92 Å². The van der Waals surface area contributed by atoms with E-state index in [1.807, 2.05) is 0 Å². The second kappa shape index (κ2) is 5.42. The number of rotatable bonds is 4. The van der Waals surface area contributed by atoms with E-state index in [0.717, 1.165) is 0 Å². The fraction of sp³-hybridized carbons (Fsp3) is 0.625. The summed E-state index contributed by atoms with van der Waals surface area (Å²) in [5.74, 6) is -2.94. The van der Waals surface area contributed by atoms with Gasteiger partial charge in [0, 0.05) is 13.0 Å². The van der Waals surface area contributed by atoms with Crippen LogP contribution in [-0.4, -0.2) is 41.7 Å². The fourth-order valence-corrected chi connectivity index (χ4v) is 1.01. The van der Waals surface area contributed by atoms with Crippen molar-refractivity contribution in [3.05, 3.63) is 0 Å². The van der Waals surface area contributed by atoms with Crippen LogP contribution in [-0.2, 0) is 19.2 Å². The molecule has 0 aromatic heterocycles. The molecule has 1 heterocycles. The number of carboxylic acids is 1. The maximum Gasteiger partial charge on any atom is 0.394 e. The SMILES string of the molecule is CCC(=O)NOC1NC[C@H]1NC(=O)C(=O)O. The number of carbonyl (C=O) groups excluding carboxylic acids is 2. The highest BCUT2D eigenvalue weighted by Gasteiger charge is 2.34. The van der Waals surface area contributed by atoms with Gasteiger partial charge in [0.2, 0.25) is 5.91 Å². The van der Waals surface area contributed by atoms with Crippen molar-refractivity contribution in [3.8, 4) is 0 Å². The molecule has 0 aliphatic carbocycles. The van der Waals surface area contributed by atoms with Gasteiger partial charge in [0.1, 0.15) is 0 Å². The smallest absolute Gasteiger partial charge is 0.394 e. The molecule has 0 radical (unpaired) electrons. The zero-order valence-electron chi connectivity index (χ0n) is 8.65. The zero-order chi connectivity index (χ0) is 12.1. The van der Waals surface area contributed by atoms with Crippen molar-refractivity contribution in [2.75, 3.05) is 6.54 Å². The first kappa shape index (κ1) is 12.4. The average molecular weight is 231 g/mol. The Morgan fingerprint density at radius 2 is 2.19 bits per heavy atom. The van der Waals surface area contributed by atoms with Crippen LogP contribution in [0, 0.1) is 0 Å². The van der Waals surface area contributed by atoms with E-state index in [0.29, 0.717) is 6.54 Å². The minimum Gasteiger partial charge on any atom is -0.474 e. The summed E-state index contributed by atoms with van der Waals surface area (Å²) in [6, 6.07) is -0.458. The first-order chi connectivity index (χ1) is 7.54. The Balaban J connectivity index is 2.27. The van der Waals surface area contributed by atoms with Crippen LogP contribution in [0.3, 0.4) is 0 Å². The summed E-state index contributed by atoms with van der Waals surface area (Å²) in [5, 5.41) is 13.4. The standard InChI is InChI=1S/C8H13N3O5/c1-2-5(12)11-16-7-4(3-9-7)10-6(13)8(14)15/h4,7,9H,2-3H2,1H3,(H,10,13)(H,11,12)(H,14,15)/t4-,7?/m1/s1. The Labute approximate surface area is 91.3 Å². The van der Waals surface area contributed by atoms with Gasteiger partial charge in [-0.1, -0.05) is 6.92 Å². The second-order valence-corrected chi connectivity index (χ2v) is 3.21. The van der Waals surface area contributed by atoms with Gasteiger partial charge in [0.25, 0.3) is 0 Å². The molecule has 0 aromatic rings. The molecule has 4 N–H and O–H groups in total. The molecule has 2 amide bonds.